The highest BCUT2D eigenvalue weighted by atomic mass is 16.3. The molecule has 0 saturated heterocycles. The van der Waals surface area contributed by atoms with Gasteiger partial charge in [-0.3, -0.25) is 13.9 Å². The van der Waals surface area contributed by atoms with Crippen LogP contribution in [0.3, 0.4) is 0 Å². The van der Waals surface area contributed by atoms with Crippen LogP contribution in [0.5, 0.6) is 0 Å². The summed E-state index contributed by atoms with van der Waals surface area (Å²) in [6.45, 7) is -0.762. The van der Waals surface area contributed by atoms with E-state index in [1.165, 1.54) is 22.5 Å². The topological polar surface area (TPSA) is 102 Å². The Morgan fingerprint density at radius 1 is 1.39 bits per heavy atom. The molecule has 8 nitrogen and oxygen atoms in total. The summed E-state index contributed by atoms with van der Waals surface area (Å²) in [5.41, 5.74) is -0.524. The first-order valence-corrected chi connectivity index (χ1v) is 5.37. The lowest BCUT2D eigenvalue weighted by Gasteiger charge is -2.11. The monoisotopic (exact) mass is 254 g/mol. The van der Waals surface area contributed by atoms with Gasteiger partial charge >= 0.3 is 5.69 Å². The van der Waals surface area contributed by atoms with Gasteiger partial charge in [-0.1, -0.05) is 0 Å². The van der Waals surface area contributed by atoms with Crippen LogP contribution >= 0.6 is 0 Å². The first-order valence-electron chi connectivity index (χ1n) is 5.37. The molecule has 2 N–H and O–H groups in total. The van der Waals surface area contributed by atoms with E-state index in [1.807, 2.05) is 0 Å². The fraction of sp³-hybridized carbons (Fsp3) is 0.500. The Bertz CT molecular complexity index is 696. The van der Waals surface area contributed by atoms with Crippen LogP contribution in [0.15, 0.2) is 15.9 Å². The highest BCUT2D eigenvalue weighted by Gasteiger charge is 2.16. The van der Waals surface area contributed by atoms with Crippen LogP contribution in [0, 0.1) is 0 Å². The average molecular weight is 254 g/mol. The van der Waals surface area contributed by atoms with Crippen LogP contribution in [0.1, 0.15) is 0 Å². The van der Waals surface area contributed by atoms with E-state index >= 15 is 0 Å². The van der Waals surface area contributed by atoms with Gasteiger partial charge in [-0.05, 0) is 0 Å². The fourth-order valence-corrected chi connectivity index (χ4v) is 1.83. The summed E-state index contributed by atoms with van der Waals surface area (Å²) in [5, 5.41) is 18.1. The van der Waals surface area contributed by atoms with E-state index in [-0.39, 0.29) is 12.1 Å². The van der Waals surface area contributed by atoms with Crippen LogP contribution < -0.4 is 11.2 Å². The van der Waals surface area contributed by atoms with Crippen LogP contribution in [0.25, 0.3) is 11.2 Å². The Kier molecular flexibility index (Phi) is 3.05. The van der Waals surface area contributed by atoms with Crippen molar-refractivity contribution in [2.24, 2.45) is 14.1 Å². The molecular formula is C10H14N4O4. The quantitative estimate of drug-likeness (QED) is 0.646. The summed E-state index contributed by atoms with van der Waals surface area (Å²) >= 11 is 0. The van der Waals surface area contributed by atoms with Crippen molar-refractivity contribution < 1.29 is 10.2 Å². The highest BCUT2D eigenvalue weighted by molar-refractivity contribution is 5.69. The van der Waals surface area contributed by atoms with Crippen molar-refractivity contribution in [2.45, 2.75) is 12.6 Å². The summed E-state index contributed by atoms with van der Waals surface area (Å²) in [5.74, 6) is 0. The number of rotatable bonds is 3. The lowest BCUT2D eigenvalue weighted by atomic mass is 10.3. The number of hydrogen-bond donors (Lipinski definition) is 2. The highest BCUT2D eigenvalue weighted by Crippen LogP contribution is 2.02. The van der Waals surface area contributed by atoms with Crippen molar-refractivity contribution in [1.29, 1.82) is 0 Å². The number of aromatic nitrogens is 4. The van der Waals surface area contributed by atoms with E-state index in [0.29, 0.717) is 5.65 Å². The van der Waals surface area contributed by atoms with Gasteiger partial charge in [0, 0.05) is 14.1 Å². The molecule has 18 heavy (non-hydrogen) atoms. The number of aryl methyl sites for hydroxylation is 2. The van der Waals surface area contributed by atoms with Crippen molar-refractivity contribution in [3.05, 3.63) is 27.2 Å². The van der Waals surface area contributed by atoms with Crippen LogP contribution in [-0.2, 0) is 20.6 Å². The van der Waals surface area contributed by atoms with Gasteiger partial charge in [0.15, 0.2) is 11.2 Å². The molecule has 0 unspecified atom stereocenters. The van der Waals surface area contributed by atoms with Gasteiger partial charge in [0.2, 0.25) is 0 Å². The molecule has 98 valence electrons. The zero-order valence-corrected chi connectivity index (χ0v) is 10.1. The lowest BCUT2D eigenvalue weighted by Crippen LogP contribution is -2.42. The maximum absolute atomic E-state index is 12.1. The third-order valence-electron chi connectivity index (χ3n) is 2.81. The van der Waals surface area contributed by atoms with Crippen LogP contribution in [0.2, 0.25) is 0 Å². The van der Waals surface area contributed by atoms with E-state index in [9.17, 15) is 14.7 Å². The molecule has 0 aromatic carbocycles. The first-order chi connectivity index (χ1) is 8.47. The first kappa shape index (κ1) is 12.5. The van der Waals surface area contributed by atoms with Crippen molar-refractivity contribution in [3.8, 4) is 0 Å². The number of imidazole rings is 1. The Labute approximate surface area is 101 Å². The minimum absolute atomic E-state index is 0.247. The summed E-state index contributed by atoms with van der Waals surface area (Å²) in [6, 6.07) is 0. The number of nitrogens with zero attached hydrogens (tertiary/aromatic N) is 4. The summed E-state index contributed by atoms with van der Waals surface area (Å²) in [7, 11) is 3.15. The van der Waals surface area contributed by atoms with Gasteiger partial charge in [0.25, 0.3) is 5.56 Å². The van der Waals surface area contributed by atoms with Gasteiger partial charge in [-0.25, -0.2) is 9.78 Å². The second-order valence-corrected chi connectivity index (χ2v) is 4.12. The number of aliphatic hydroxyl groups is 2. The van der Waals surface area contributed by atoms with Gasteiger partial charge in [0.1, 0.15) is 0 Å². The molecule has 2 aromatic heterocycles. The van der Waals surface area contributed by atoms with Crippen molar-refractivity contribution in [2.75, 3.05) is 6.61 Å². The molecule has 2 rings (SSSR count). The van der Waals surface area contributed by atoms with Crippen molar-refractivity contribution in [3.63, 3.8) is 0 Å². The second-order valence-electron chi connectivity index (χ2n) is 4.12. The zero-order valence-electron chi connectivity index (χ0n) is 10.1. The maximum atomic E-state index is 12.1. The molecule has 0 aliphatic rings. The Hall–Kier alpha value is -1.93. The van der Waals surface area contributed by atoms with Gasteiger partial charge in [-0.2, -0.15) is 0 Å². The average Bonchev–Trinajstić information content (AvgIpc) is 2.74. The minimum atomic E-state index is -1.15. The van der Waals surface area contributed by atoms with Crippen LogP contribution in [-0.4, -0.2) is 41.6 Å². The van der Waals surface area contributed by atoms with Gasteiger partial charge in [0.05, 0.1) is 25.6 Å². The predicted molar refractivity (Wildman–Crippen MR) is 63.3 cm³/mol. The van der Waals surface area contributed by atoms with E-state index in [0.717, 1.165) is 4.57 Å². The Balaban J connectivity index is 2.78. The molecule has 1 atom stereocenters. The molecule has 0 amide bonds. The lowest BCUT2D eigenvalue weighted by molar-refractivity contribution is 0.0791. The fourth-order valence-electron chi connectivity index (χ4n) is 1.83. The normalized spacial score (nSPS) is 13.1. The Morgan fingerprint density at radius 3 is 2.67 bits per heavy atom. The van der Waals surface area contributed by atoms with Crippen LogP contribution in [0.4, 0.5) is 0 Å². The SMILES string of the molecule is Cn1cnc2c1c(=O)n(C[C@H](O)CO)c(=O)n2C. The van der Waals surface area contributed by atoms with Gasteiger partial charge in [-0.15, -0.1) is 0 Å². The largest absolute Gasteiger partial charge is 0.394 e. The van der Waals surface area contributed by atoms with E-state index < -0.39 is 24.0 Å². The summed E-state index contributed by atoms with van der Waals surface area (Å²) in [4.78, 5) is 28.1. The Morgan fingerprint density at radius 2 is 2.06 bits per heavy atom. The molecule has 0 radical (unpaired) electrons. The predicted octanol–water partition coefficient (Wildman–Crippen LogP) is -2.21. The summed E-state index contributed by atoms with van der Waals surface area (Å²) in [6.07, 6.45) is 0.291. The molecule has 8 heteroatoms. The molecule has 2 heterocycles. The van der Waals surface area contributed by atoms with E-state index in [2.05, 4.69) is 4.98 Å². The van der Waals surface area contributed by atoms with E-state index in [1.54, 1.807) is 7.05 Å². The third kappa shape index (κ3) is 1.75. The number of hydrogen-bond acceptors (Lipinski definition) is 5. The molecule has 0 bridgehead atoms. The molecule has 0 aliphatic heterocycles. The number of aliphatic hydroxyl groups excluding tert-OH is 2. The molecule has 0 spiro atoms. The summed E-state index contributed by atoms with van der Waals surface area (Å²) < 4.78 is 3.64. The maximum Gasteiger partial charge on any atom is 0.332 e. The van der Waals surface area contributed by atoms with E-state index in [4.69, 9.17) is 5.11 Å². The molecular weight excluding hydrogens is 240 g/mol. The third-order valence-corrected chi connectivity index (χ3v) is 2.81. The van der Waals surface area contributed by atoms with Gasteiger partial charge < -0.3 is 14.8 Å². The second kappa shape index (κ2) is 4.39. The minimum Gasteiger partial charge on any atom is -0.394 e. The van der Waals surface area contributed by atoms with Crippen molar-refractivity contribution >= 4 is 11.2 Å². The molecule has 0 saturated carbocycles. The zero-order chi connectivity index (χ0) is 13.4. The molecule has 0 aliphatic carbocycles. The molecule has 0 fully saturated rings. The number of fused-ring (bicyclic) bond motifs is 1. The standard InChI is InChI=1S/C10H14N4O4/c1-12-5-11-8-7(12)9(17)14(3-6(16)4-15)10(18)13(8)2/h5-6,15-16H,3-4H2,1-2H3/t6-/m0/s1. The smallest absolute Gasteiger partial charge is 0.332 e. The molecule has 2 aromatic rings. The van der Waals surface area contributed by atoms with Crippen molar-refractivity contribution in [1.82, 2.24) is 18.7 Å².